The molecule has 1 atom stereocenters. The lowest BCUT2D eigenvalue weighted by atomic mass is 10.1. The highest BCUT2D eigenvalue weighted by Gasteiger charge is 2.37. The summed E-state index contributed by atoms with van der Waals surface area (Å²) in [5, 5.41) is 8.91. The molecule has 144 valence electrons. The molecule has 0 aliphatic heterocycles. The second-order valence-electron chi connectivity index (χ2n) is 5.93. The third-order valence-electron chi connectivity index (χ3n) is 3.89. The molecular formula is C21H20BrN2O3P. The fourth-order valence-corrected chi connectivity index (χ4v) is 4.05. The number of para-hydroxylation sites is 2. The monoisotopic (exact) mass is 458 g/mol. The maximum absolute atomic E-state index is 13.6. The molecule has 0 aliphatic carbocycles. The van der Waals surface area contributed by atoms with E-state index in [4.69, 9.17) is 20.0 Å². The summed E-state index contributed by atoms with van der Waals surface area (Å²) in [7, 11) is -3.73. The Hall–Kier alpha value is -2.58. The standard InChI is InChI=1S/C21H19N2O3P.BrH/c22-16-18-13-11-17(12-14-18)15-21(23)27(24,25-19-7-3-1-4-8-19)26-20-9-5-2-6-10-20;/h1-14,21H,15,23H2;1H. The molecule has 0 fully saturated rings. The van der Waals surface area contributed by atoms with Crippen LogP contribution < -0.4 is 14.8 Å². The molecular weight excluding hydrogens is 439 g/mol. The first-order valence-electron chi connectivity index (χ1n) is 8.43. The van der Waals surface area contributed by atoms with Crippen LogP contribution in [0.5, 0.6) is 11.5 Å². The number of hydrogen-bond acceptors (Lipinski definition) is 5. The van der Waals surface area contributed by atoms with Crippen molar-refractivity contribution in [3.63, 3.8) is 0 Å². The van der Waals surface area contributed by atoms with Crippen LogP contribution >= 0.6 is 24.6 Å². The molecule has 0 saturated carbocycles. The fraction of sp³-hybridized carbons (Fsp3) is 0.0952. The van der Waals surface area contributed by atoms with Crippen LogP contribution in [0, 0.1) is 11.3 Å². The first kappa shape index (κ1) is 21.7. The van der Waals surface area contributed by atoms with Crippen molar-refractivity contribution >= 4 is 24.6 Å². The van der Waals surface area contributed by atoms with E-state index >= 15 is 0 Å². The van der Waals surface area contributed by atoms with Gasteiger partial charge in [0, 0.05) is 6.42 Å². The van der Waals surface area contributed by atoms with Gasteiger partial charge in [-0.25, -0.2) is 4.57 Å². The summed E-state index contributed by atoms with van der Waals surface area (Å²) in [6.07, 6.45) is 0.280. The molecule has 2 N–H and O–H groups in total. The van der Waals surface area contributed by atoms with Gasteiger partial charge in [-0.1, -0.05) is 48.5 Å². The van der Waals surface area contributed by atoms with E-state index in [1.807, 2.05) is 12.1 Å². The summed E-state index contributed by atoms with van der Waals surface area (Å²) >= 11 is 0. The van der Waals surface area contributed by atoms with Crippen LogP contribution in [0.1, 0.15) is 11.1 Å². The summed E-state index contributed by atoms with van der Waals surface area (Å²) in [5.74, 6) is -0.0371. The van der Waals surface area contributed by atoms with E-state index in [2.05, 4.69) is 6.07 Å². The summed E-state index contributed by atoms with van der Waals surface area (Å²) < 4.78 is 25.0. The molecule has 5 nitrogen and oxygen atoms in total. The van der Waals surface area contributed by atoms with E-state index in [0.29, 0.717) is 17.1 Å². The van der Waals surface area contributed by atoms with Gasteiger partial charge in [0.05, 0.1) is 11.6 Å². The van der Waals surface area contributed by atoms with E-state index in [1.54, 1.807) is 72.8 Å². The highest BCUT2D eigenvalue weighted by molar-refractivity contribution is 8.93. The molecule has 3 rings (SSSR count). The first-order valence-corrected chi connectivity index (χ1v) is 10.0. The lowest BCUT2D eigenvalue weighted by molar-refractivity contribution is 0.371. The predicted molar refractivity (Wildman–Crippen MR) is 115 cm³/mol. The van der Waals surface area contributed by atoms with E-state index in [0.717, 1.165) is 5.56 Å². The first-order chi connectivity index (χ1) is 13.1. The molecule has 7 heteroatoms. The topological polar surface area (TPSA) is 85.3 Å². The summed E-state index contributed by atoms with van der Waals surface area (Å²) in [5.41, 5.74) is 7.67. The minimum Gasteiger partial charge on any atom is -0.415 e. The van der Waals surface area contributed by atoms with Crippen molar-refractivity contribution in [2.24, 2.45) is 5.73 Å². The molecule has 1 unspecified atom stereocenters. The molecule has 0 heterocycles. The average molecular weight is 459 g/mol. The molecule has 0 spiro atoms. The minimum atomic E-state index is -3.73. The van der Waals surface area contributed by atoms with Crippen molar-refractivity contribution in [3.05, 3.63) is 96.1 Å². The Morgan fingerprint density at radius 1 is 0.857 bits per heavy atom. The maximum Gasteiger partial charge on any atom is 0.447 e. The second-order valence-corrected chi connectivity index (χ2v) is 8.04. The van der Waals surface area contributed by atoms with Gasteiger partial charge in [-0.15, -0.1) is 17.0 Å². The molecule has 0 aromatic heterocycles. The lowest BCUT2D eigenvalue weighted by Gasteiger charge is -2.25. The molecule has 28 heavy (non-hydrogen) atoms. The number of rotatable bonds is 7. The van der Waals surface area contributed by atoms with Crippen LogP contribution in [0.2, 0.25) is 0 Å². The second kappa shape index (κ2) is 10.1. The van der Waals surface area contributed by atoms with Gasteiger partial charge in [-0.2, -0.15) is 5.26 Å². The Bertz CT molecular complexity index is 915. The highest BCUT2D eigenvalue weighted by atomic mass is 79.9. The van der Waals surface area contributed by atoms with E-state index in [1.165, 1.54) is 0 Å². The zero-order valence-electron chi connectivity index (χ0n) is 15.0. The van der Waals surface area contributed by atoms with Crippen LogP contribution in [0.4, 0.5) is 0 Å². The molecule has 3 aromatic carbocycles. The van der Waals surface area contributed by atoms with E-state index in [-0.39, 0.29) is 23.4 Å². The average Bonchev–Trinajstić information content (AvgIpc) is 2.70. The summed E-state index contributed by atoms with van der Waals surface area (Å²) in [4.78, 5) is 0. The highest BCUT2D eigenvalue weighted by Crippen LogP contribution is 2.51. The Morgan fingerprint density at radius 2 is 1.32 bits per heavy atom. The zero-order valence-corrected chi connectivity index (χ0v) is 17.6. The third kappa shape index (κ3) is 5.71. The van der Waals surface area contributed by atoms with Crippen molar-refractivity contribution in [1.29, 1.82) is 5.26 Å². The van der Waals surface area contributed by atoms with Gasteiger partial charge in [-0.05, 0) is 42.0 Å². The number of nitriles is 1. The van der Waals surface area contributed by atoms with E-state index in [9.17, 15) is 4.57 Å². The number of halogens is 1. The van der Waals surface area contributed by atoms with Crippen molar-refractivity contribution in [2.75, 3.05) is 0 Å². The van der Waals surface area contributed by atoms with Crippen LogP contribution in [-0.4, -0.2) is 5.78 Å². The minimum absolute atomic E-state index is 0. The van der Waals surface area contributed by atoms with Crippen LogP contribution in [0.25, 0.3) is 0 Å². The van der Waals surface area contributed by atoms with Gasteiger partial charge < -0.3 is 14.8 Å². The third-order valence-corrected chi connectivity index (χ3v) is 5.81. The molecule has 0 radical (unpaired) electrons. The zero-order chi connectivity index (χ0) is 19.1. The van der Waals surface area contributed by atoms with Crippen molar-refractivity contribution in [3.8, 4) is 17.6 Å². The largest absolute Gasteiger partial charge is 0.447 e. The number of benzene rings is 3. The Morgan fingerprint density at radius 3 is 1.75 bits per heavy atom. The fourth-order valence-electron chi connectivity index (χ4n) is 2.48. The predicted octanol–water partition coefficient (Wildman–Crippen LogP) is 5.31. The Kier molecular flexibility index (Phi) is 7.83. The SMILES string of the molecule is Br.N#Cc1ccc(CC(N)P(=O)(Oc2ccccc2)Oc2ccccc2)cc1. The Labute approximate surface area is 175 Å². The molecule has 0 amide bonds. The summed E-state index contributed by atoms with van der Waals surface area (Å²) in [6, 6.07) is 26.7. The van der Waals surface area contributed by atoms with Gasteiger partial charge in [0.2, 0.25) is 0 Å². The van der Waals surface area contributed by atoms with Gasteiger partial charge in [-0.3, -0.25) is 0 Å². The van der Waals surface area contributed by atoms with Crippen molar-refractivity contribution < 1.29 is 13.6 Å². The normalized spacial score (nSPS) is 11.6. The molecule has 0 saturated heterocycles. The lowest BCUT2D eigenvalue weighted by Crippen LogP contribution is -2.28. The molecule has 0 bridgehead atoms. The van der Waals surface area contributed by atoms with Crippen molar-refractivity contribution in [2.45, 2.75) is 12.2 Å². The number of nitrogens with two attached hydrogens (primary N) is 1. The quantitative estimate of drug-likeness (QED) is 0.484. The maximum atomic E-state index is 13.6. The number of hydrogen-bond donors (Lipinski definition) is 1. The van der Waals surface area contributed by atoms with Crippen LogP contribution in [0.15, 0.2) is 84.9 Å². The van der Waals surface area contributed by atoms with Crippen molar-refractivity contribution in [1.82, 2.24) is 0 Å². The van der Waals surface area contributed by atoms with Gasteiger partial charge >= 0.3 is 7.60 Å². The molecule has 0 aliphatic rings. The Balaban J connectivity index is 0.00000280. The summed E-state index contributed by atoms with van der Waals surface area (Å²) in [6.45, 7) is 0. The number of nitrogens with zero attached hydrogens (tertiary/aromatic N) is 1. The van der Waals surface area contributed by atoms with Gasteiger partial charge in [0.25, 0.3) is 0 Å². The molecule has 3 aromatic rings. The van der Waals surface area contributed by atoms with Gasteiger partial charge in [0.15, 0.2) is 0 Å². The van der Waals surface area contributed by atoms with Crippen LogP contribution in [-0.2, 0) is 11.0 Å². The van der Waals surface area contributed by atoms with Crippen LogP contribution in [0.3, 0.4) is 0 Å². The van der Waals surface area contributed by atoms with E-state index < -0.39 is 13.4 Å². The smallest absolute Gasteiger partial charge is 0.415 e. The van der Waals surface area contributed by atoms with Gasteiger partial charge in [0.1, 0.15) is 17.3 Å².